The van der Waals surface area contributed by atoms with Crippen LogP contribution in [0.5, 0.6) is 5.75 Å². The fraction of sp³-hybridized carbons (Fsp3) is 0.360. The molecule has 0 spiro atoms. The quantitative estimate of drug-likeness (QED) is 0.613. The number of rotatable bonds is 5. The molecule has 8 heteroatoms. The van der Waals surface area contributed by atoms with Gasteiger partial charge in [0.25, 0.3) is 5.91 Å². The van der Waals surface area contributed by atoms with Gasteiger partial charge in [-0.3, -0.25) is 4.79 Å². The van der Waals surface area contributed by atoms with E-state index in [0.717, 1.165) is 35.3 Å². The molecule has 0 radical (unpaired) electrons. The third kappa shape index (κ3) is 3.74. The SMILES string of the molecule is C#CC(=O)N1CC2CCC(C1)C2Nc1ccc(-c2cc(OCC)cn3ncc(C#N)c23)cn1. The fourth-order valence-electron chi connectivity index (χ4n) is 5.17. The average molecular weight is 441 g/mol. The van der Waals surface area contributed by atoms with Gasteiger partial charge in [-0.25, -0.2) is 9.50 Å². The largest absolute Gasteiger partial charge is 0.492 e. The molecule has 1 aliphatic heterocycles. The van der Waals surface area contributed by atoms with E-state index in [1.54, 1.807) is 28.0 Å². The number of nitrogens with zero attached hydrogens (tertiary/aromatic N) is 5. The van der Waals surface area contributed by atoms with Crippen molar-refractivity contribution in [3.05, 3.63) is 42.4 Å². The number of nitriles is 1. The third-order valence-corrected chi connectivity index (χ3v) is 6.65. The fourth-order valence-corrected chi connectivity index (χ4v) is 5.17. The Morgan fingerprint density at radius 1 is 1.30 bits per heavy atom. The molecule has 2 atom stereocenters. The van der Waals surface area contributed by atoms with Gasteiger partial charge in [-0.15, -0.1) is 6.42 Å². The predicted molar refractivity (Wildman–Crippen MR) is 123 cm³/mol. The Kier molecular flexibility index (Phi) is 5.35. The second kappa shape index (κ2) is 8.48. The highest BCUT2D eigenvalue weighted by atomic mass is 16.5. The predicted octanol–water partition coefficient (Wildman–Crippen LogP) is 2.95. The maximum Gasteiger partial charge on any atom is 0.298 e. The number of ether oxygens (including phenoxy) is 1. The highest BCUT2D eigenvalue weighted by Gasteiger charge is 2.43. The second-order valence-corrected chi connectivity index (χ2v) is 8.54. The Hall–Kier alpha value is -4.04. The molecule has 1 saturated carbocycles. The highest BCUT2D eigenvalue weighted by molar-refractivity contribution is 5.93. The van der Waals surface area contributed by atoms with Gasteiger partial charge in [0.1, 0.15) is 17.6 Å². The topological polar surface area (TPSA) is 95.5 Å². The molecular formula is C25H24N6O2. The zero-order valence-electron chi connectivity index (χ0n) is 18.4. The number of carbonyl (C=O) groups excluding carboxylic acids is 1. The first kappa shape index (κ1) is 20.8. The Morgan fingerprint density at radius 2 is 2.09 bits per heavy atom. The molecule has 1 amide bonds. The molecule has 8 nitrogen and oxygen atoms in total. The van der Waals surface area contributed by atoms with Gasteiger partial charge in [0.2, 0.25) is 0 Å². The monoisotopic (exact) mass is 440 g/mol. The summed E-state index contributed by atoms with van der Waals surface area (Å²) in [5, 5.41) is 17.4. The maximum absolute atomic E-state index is 11.9. The van der Waals surface area contributed by atoms with Crippen LogP contribution in [0, 0.1) is 35.5 Å². The minimum absolute atomic E-state index is 0.218. The summed E-state index contributed by atoms with van der Waals surface area (Å²) in [5.41, 5.74) is 2.95. The minimum Gasteiger partial charge on any atom is -0.492 e. The number of amides is 1. The normalized spacial score (nSPS) is 21.4. The smallest absolute Gasteiger partial charge is 0.298 e. The van der Waals surface area contributed by atoms with E-state index in [0.29, 0.717) is 42.8 Å². The van der Waals surface area contributed by atoms with E-state index in [-0.39, 0.29) is 11.9 Å². The van der Waals surface area contributed by atoms with Gasteiger partial charge in [0, 0.05) is 36.5 Å². The number of piperidine rings is 1. The van der Waals surface area contributed by atoms with Crippen molar-refractivity contribution >= 4 is 17.2 Å². The first-order valence-electron chi connectivity index (χ1n) is 11.1. The van der Waals surface area contributed by atoms with E-state index in [1.165, 1.54) is 0 Å². The van der Waals surface area contributed by atoms with Crippen LogP contribution in [0.4, 0.5) is 5.82 Å². The van der Waals surface area contributed by atoms with Gasteiger partial charge < -0.3 is 15.0 Å². The molecule has 2 aliphatic rings. The third-order valence-electron chi connectivity index (χ3n) is 6.65. The van der Waals surface area contributed by atoms with Gasteiger partial charge in [-0.05, 0) is 55.7 Å². The van der Waals surface area contributed by atoms with E-state index < -0.39 is 0 Å². The number of hydrogen-bond acceptors (Lipinski definition) is 6. The minimum atomic E-state index is -0.218. The summed E-state index contributed by atoms with van der Waals surface area (Å²) in [6.07, 6.45) is 12.6. The van der Waals surface area contributed by atoms with Crippen LogP contribution in [-0.4, -0.2) is 51.1 Å². The Balaban J connectivity index is 1.40. The summed E-state index contributed by atoms with van der Waals surface area (Å²) in [6, 6.07) is 8.36. The average Bonchev–Trinajstić information content (AvgIpc) is 3.34. The van der Waals surface area contributed by atoms with Crippen molar-refractivity contribution in [1.29, 1.82) is 5.26 Å². The molecule has 33 heavy (non-hydrogen) atoms. The molecule has 3 aromatic heterocycles. The molecule has 5 rings (SSSR count). The van der Waals surface area contributed by atoms with Crippen LogP contribution in [0.2, 0.25) is 0 Å². The summed E-state index contributed by atoms with van der Waals surface area (Å²) in [4.78, 5) is 18.4. The number of aromatic nitrogens is 3. The molecule has 2 unspecified atom stereocenters. The molecular weight excluding hydrogens is 416 g/mol. The van der Waals surface area contributed by atoms with Crippen molar-refractivity contribution in [3.63, 3.8) is 0 Å². The van der Waals surface area contributed by atoms with Crippen molar-refractivity contribution in [2.24, 2.45) is 11.8 Å². The summed E-state index contributed by atoms with van der Waals surface area (Å²) < 4.78 is 7.37. The van der Waals surface area contributed by atoms with Crippen LogP contribution in [0.1, 0.15) is 25.3 Å². The van der Waals surface area contributed by atoms with Crippen LogP contribution in [-0.2, 0) is 4.79 Å². The van der Waals surface area contributed by atoms with E-state index in [1.807, 2.05) is 25.1 Å². The first-order valence-corrected chi connectivity index (χ1v) is 11.1. The summed E-state index contributed by atoms with van der Waals surface area (Å²) in [6.45, 7) is 3.84. The van der Waals surface area contributed by atoms with Crippen LogP contribution < -0.4 is 10.1 Å². The molecule has 2 bridgehead atoms. The highest BCUT2D eigenvalue weighted by Crippen LogP contribution is 2.39. The molecule has 0 aromatic carbocycles. The van der Waals surface area contributed by atoms with Crippen LogP contribution in [0.3, 0.4) is 0 Å². The van der Waals surface area contributed by atoms with Crippen LogP contribution >= 0.6 is 0 Å². The van der Waals surface area contributed by atoms with Gasteiger partial charge in [-0.1, -0.05) is 0 Å². The number of hydrogen-bond donors (Lipinski definition) is 1. The van der Waals surface area contributed by atoms with Crippen molar-refractivity contribution in [2.45, 2.75) is 25.8 Å². The maximum atomic E-state index is 11.9. The van der Waals surface area contributed by atoms with Gasteiger partial charge in [-0.2, -0.15) is 10.4 Å². The molecule has 166 valence electrons. The summed E-state index contributed by atoms with van der Waals surface area (Å²) in [5.74, 6) is 4.24. The molecule has 1 N–H and O–H groups in total. The molecule has 1 saturated heterocycles. The lowest BCUT2D eigenvalue weighted by atomic mass is 9.92. The van der Waals surface area contributed by atoms with E-state index in [4.69, 9.17) is 11.2 Å². The number of nitrogens with one attached hydrogen (secondary N) is 1. The number of pyridine rings is 2. The van der Waals surface area contributed by atoms with E-state index in [9.17, 15) is 10.1 Å². The van der Waals surface area contributed by atoms with Crippen molar-refractivity contribution in [3.8, 4) is 35.3 Å². The Labute approximate surface area is 192 Å². The lowest BCUT2D eigenvalue weighted by Crippen LogP contribution is -2.49. The second-order valence-electron chi connectivity index (χ2n) is 8.54. The zero-order valence-corrected chi connectivity index (χ0v) is 18.4. The Morgan fingerprint density at radius 3 is 2.73 bits per heavy atom. The molecule has 2 fully saturated rings. The lowest BCUT2D eigenvalue weighted by molar-refractivity contribution is -0.127. The number of anilines is 1. The van der Waals surface area contributed by atoms with Crippen LogP contribution in [0.25, 0.3) is 16.6 Å². The number of fused-ring (bicyclic) bond motifs is 3. The summed E-state index contributed by atoms with van der Waals surface area (Å²) in [7, 11) is 0. The zero-order chi connectivity index (χ0) is 22.9. The van der Waals surface area contributed by atoms with Crippen LogP contribution in [0.15, 0.2) is 36.8 Å². The van der Waals surface area contributed by atoms with Gasteiger partial charge in [0.05, 0.1) is 30.1 Å². The van der Waals surface area contributed by atoms with E-state index in [2.05, 4.69) is 27.4 Å². The lowest BCUT2D eigenvalue weighted by Gasteiger charge is -2.37. The molecule has 1 aliphatic carbocycles. The van der Waals surface area contributed by atoms with E-state index >= 15 is 0 Å². The molecule has 3 aromatic rings. The van der Waals surface area contributed by atoms with Gasteiger partial charge in [0.15, 0.2) is 0 Å². The number of terminal acetylenes is 1. The van der Waals surface area contributed by atoms with Crippen molar-refractivity contribution < 1.29 is 9.53 Å². The molecule has 4 heterocycles. The summed E-state index contributed by atoms with van der Waals surface area (Å²) >= 11 is 0. The standard InChI is InChI=1S/C25H24N6O2/c1-3-23(32)30-13-17-5-6-18(14-30)24(17)29-22-8-7-16(11-27-22)21-9-20(33-4-2)15-31-25(21)19(10-26)12-28-31/h1,7-9,11-12,15,17-18,24H,4-6,13-14H2,2H3,(H,27,29). The first-order chi connectivity index (χ1) is 16.1. The number of likely N-dealkylation sites (tertiary alicyclic amines) is 1. The van der Waals surface area contributed by atoms with Gasteiger partial charge >= 0.3 is 0 Å². The van der Waals surface area contributed by atoms with Crippen molar-refractivity contribution in [1.82, 2.24) is 19.5 Å². The Bertz CT molecular complexity index is 1270. The van der Waals surface area contributed by atoms with Crippen molar-refractivity contribution in [2.75, 3.05) is 25.0 Å². The number of carbonyl (C=O) groups is 1.